The maximum atomic E-state index is 12.4. The van der Waals surface area contributed by atoms with Crippen LogP contribution < -0.4 is 4.74 Å². The van der Waals surface area contributed by atoms with E-state index in [1.165, 1.54) is 0 Å². The van der Waals surface area contributed by atoms with Crippen molar-refractivity contribution < 1.29 is 14.3 Å². The number of para-hydroxylation sites is 1. The molecule has 0 bridgehead atoms. The monoisotopic (exact) mass is 276 g/mol. The maximum absolute atomic E-state index is 12.4. The van der Waals surface area contributed by atoms with Gasteiger partial charge in [0.2, 0.25) is 0 Å². The zero-order chi connectivity index (χ0) is 14.6. The van der Waals surface area contributed by atoms with Crippen molar-refractivity contribution in [3.8, 4) is 5.75 Å². The van der Waals surface area contributed by atoms with Crippen LogP contribution in [0.1, 0.15) is 38.7 Å². The van der Waals surface area contributed by atoms with Gasteiger partial charge in [-0.3, -0.25) is 4.79 Å². The first-order chi connectivity index (χ1) is 9.58. The van der Waals surface area contributed by atoms with E-state index in [0.717, 1.165) is 30.6 Å². The third-order valence-corrected chi connectivity index (χ3v) is 4.63. The third-order valence-electron chi connectivity index (χ3n) is 4.63. The first-order valence-corrected chi connectivity index (χ1v) is 7.31. The van der Waals surface area contributed by atoms with E-state index in [9.17, 15) is 4.79 Å². The van der Waals surface area contributed by atoms with Crippen molar-refractivity contribution in [3.05, 3.63) is 29.8 Å². The zero-order valence-corrected chi connectivity index (χ0v) is 12.6. The molecule has 1 fully saturated rings. The third kappa shape index (κ3) is 3.04. The Hall–Kier alpha value is -1.35. The molecule has 0 amide bonds. The zero-order valence-electron chi connectivity index (χ0n) is 12.6. The van der Waals surface area contributed by atoms with Gasteiger partial charge in [0, 0.05) is 18.9 Å². The Labute approximate surface area is 121 Å². The lowest BCUT2D eigenvalue weighted by Crippen LogP contribution is -2.40. The number of ketones is 1. The van der Waals surface area contributed by atoms with E-state index in [2.05, 4.69) is 13.8 Å². The van der Waals surface area contributed by atoms with E-state index >= 15 is 0 Å². The highest BCUT2D eigenvalue weighted by molar-refractivity contribution is 5.85. The number of benzene rings is 1. The predicted molar refractivity (Wildman–Crippen MR) is 78.8 cm³/mol. The summed E-state index contributed by atoms with van der Waals surface area (Å²) in [5.74, 6) is 1.62. The van der Waals surface area contributed by atoms with Crippen LogP contribution in [0.4, 0.5) is 0 Å². The van der Waals surface area contributed by atoms with E-state index < -0.39 is 0 Å². The van der Waals surface area contributed by atoms with Gasteiger partial charge in [-0.25, -0.2) is 0 Å². The fourth-order valence-corrected chi connectivity index (χ4v) is 3.03. The van der Waals surface area contributed by atoms with Crippen LogP contribution in [0.2, 0.25) is 0 Å². The highest BCUT2D eigenvalue weighted by atomic mass is 16.7. The molecule has 0 aromatic heterocycles. The Morgan fingerprint density at radius 1 is 1.35 bits per heavy atom. The van der Waals surface area contributed by atoms with Crippen molar-refractivity contribution in [1.29, 1.82) is 0 Å². The number of hydrogen-bond donors (Lipinski definition) is 0. The van der Waals surface area contributed by atoms with Gasteiger partial charge >= 0.3 is 0 Å². The van der Waals surface area contributed by atoms with Crippen LogP contribution in [0.3, 0.4) is 0 Å². The van der Waals surface area contributed by atoms with Crippen molar-refractivity contribution in [1.82, 2.24) is 0 Å². The highest BCUT2D eigenvalue weighted by Crippen LogP contribution is 2.42. The lowest BCUT2D eigenvalue weighted by Gasteiger charge is -2.38. The van der Waals surface area contributed by atoms with Crippen molar-refractivity contribution >= 4 is 5.78 Å². The summed E-state index contributed by atoms with van der Waals surface area (Å²) in [6, 6.07) is 7.93. The second-order valence-corrected chi connectivity index (χ2v) is 5.97. The molecule has 1 aliphatic rings. The Morgan fingerprint density at radius 2 is 2.10 bits per heavy atom. The van der Waals surface area contributed by atoms with Gasteiger partial charge in [0.1, 0.15) is 11.5 Å². The summed E-state index contributed by atoms with van der Waals surface area (Å²) >= 11 is 0. The van der Waals surface area contributed by atoms with Gasteiger partial charge in [-0.05, 0) is 36.8 Å². The minimum atomic E-state index is -0.273. The van der Waals surface area contributed by atoms with Crippen molar-refractivity contribution in [2.24, 2.45) is 11.3 Å². The first kappa shape index (κ1) is 15.0. The van der Waals surface area contributed by atoms with Crippen LogP contribution in [-0.2, 0) is 16.0 Å². The number of ether oxygens (including phenoxy) is 2. The van der Waals surface area contributed by atoms with E-state index in [1.54, 1.807) is 7.11 Å². The van der Waals surface area contributed by atoms with Crippen LogP contribution in [0, 0.1) is 11.3 Å². The SMILES string of the molecule is COCOc1ccccc1C[C@@]1(C)C(=O)CCC[C@@H]1C. The van der Waals surface area contributed by atoms with Crippen LogP contribution >= 0.6 is 0 Å². The molecular weight excluding hydrogens is 252 g/mol. The number of hydrogen-bond acceptors (Lipinski definition) is 3. The molecule has 110 valence electrons. The van der Waals surface area contributed by atoms with Gasteiger partial charge in [-0.15, -0.1) is 0 Å². The maximum Gasteiger partial charge on any atom is 0.188 e. The molecule has 0 unspecified atom stereocenters. The van der Waals surface area contributed by atoms with Crippen LogP contribution in [0.25, 0.3) is 0 Å². The molecular formula is C17H24O3. The molecule has 3 nitrogen and oxygen atoms in total. The van der Waals surface area contributed by atoms with Gasteiger partial charge in [-0.2, -0.15) is 0 Å². The predicted octanol–water partition coefficient (Wildman–Crippen LogP) is 3.61. The number of methoxy groups -OCH3 is 1. The molecule has 1 aromatic carbocycles. The average Bonchev–Trinajstić information content (AvgIpc) is 2.44. The number of carbonyl (C=O) groups excluding carboxylic acids is 1. The summed E-state index contributed by atoms with van der Waals surface area (Å²) in [5.41, 5.74) is 0.819. The highest BCUT2D eigenvalue weighted by Gasteiger charge is 2.41. The Morgan fingerprint density at radius 3 is 2.80 bits per heavy atom. The quantitative estimate of drug-likeness (QED) is 0.771. The summed E-state index contributed by atoms with van der Waals surface area (Å²) in [6.45, 7) is 4.53. The molecule has 1 aliphatic carbocycles. The Balaban J connectivity index is 2.21. The molecule has 1 aromatic rings. The second-order valence-electron chi connectivity index (χ2n) is 5.97. The summed E-state index contributed by atoms with van der Waals surface area (Å²) in [6.07, 6.45) is 3.61. The number of carbonyl (C=O) groups is 1. The Kier molecular flexibility index (Phi) is 4.81. The summed E-state index contributed by atoms with van der Waals surface area (Å²) < 4.78 is 10.6. The van der Waals surface area contributed by atoms with E-state index in [-0.39, 0.29) is 12.2 Å². The van der Waals surface area contributed by atoms with Crippen LogP contribution in [0.15, 0.2) is 24.3 Å². The molecule has 0 aliphatic heterocycles. The molecule has 0 N–H and O–H groups in total. The van der Waals surface area contributed by atoms with Gasteiger partial charge in [0.05, 0.1) is 0 Å². The molecule has 0 saturated heterocycles. The summed E-state index contributed by atoms with van der Waals surface area (Å²) in [4.78, 5) is 12.4. The lowest BCUT2D eigenvalue weighted by molar-refractivity contribution is -0.133. The summed E-state index contributed by atoms with van der Waals surface area (Å²) in [5, 5.41) is 0. The largest absolute Gasteiger partial charge is 0.467 e. The molecule has 0 radical (unpaired) electrons. The normalized spacial score (nSPS) is 26.6. The topological polar surface area (TPSA) is 35.5 Å². The van der Waals surface area contributed by atoms with Crippen molar-refractivity contribution in [2.45, 2.75) is 39.5 Å². The van der Waals surface area contributed by atoms with Crippen molar-refractivity contribution in [3.63, 3.8) is 0 Å². The molecule has 0 spiro atoms. The minimum absolute atomic E-state index is 0.233. The second kappa shape index (κ2) is 6.40. The summed E-state index contributed by atoms with van der Waals surface area (Å²) in [7, 11) is 1.61. The number of Topliss-reactive ketones (excluding diaryl/α,β-unsaturated/α-hetero) is 1. The minimum Gasteiger partial charge on any atom is -0.467 e. The molecule has 20 heavy (non-hydrogen) atoms. The van der Waals surface area contributed by atoms with Crippen LogP contribution in [-0.4, -0.2) is 19.7 Å². The average molecular weight is 276 g/mol. The molecule has 1 saturated carbocycles. The Bertz CT molecular complexity index is 469. The van der Waals surface area contributed by atoms with Crippen LogP contribution in [0.5, 0.6) is 5.75 Å². The lowest BCUT2D eigenvalue weighted by atomic mass is 9.64. The van der Waals surface area contributed by atoms with Gasteiger partial charge in [0.25, 0.3) is 0 Å². The van der Waals surface area contributed by atoms with Crippen molar-refractivity contribution in [2.75, 3.05) is 13.9 Å². The molecule has 2 rings (SSSR count). The molecule has 3 heteroatoms. The molecule has 0 heterocycles. The first-order valence-electron chi connectivity index (χ1n) is 7.31. The van der Waals surface area contributed by atoms with Gasteiger partial charge < -0.3 is 9.47 Å². The van der Waals surface area contributed by atoms with E-state index in [4.69, 9.17) is 9.47 Å². The number of rotatable bonds is 5. The molecule has 2 atom stereocenters. The van der Waals surface area contributed by atoms with E-state index in [0.29, 0.717) is 18.1 Å². The van der Waals surface area contributed by atoms with Gasteiger partial charge in [0.15, 0.2) is 6.79 Å². The smallest absolute Gasteiger partial charge is 0.188 e. The fourth-order valence-electron chi connectivity index (χ4n) is 3.03. The standard InChI is InChI=1S/C17H24O3/c1-13-7-6-10-16(18)17(13,2)11-14-8-4-5-9-15(14)20-12-19-3/h4-5,8-9,13H,6-7,10-12H2,1-3H3/t13-,17+/m0/s1. The van der Waals surface area contributed by atoms with Gasteiger partial charge in [-0.1, -0.05) is 32.0 Å². The van der Waals surface area contributed by atoms with E-state index in [1.807, 2.05) is 24.3 Å². The fraction of sp³-hybridized carbons (Fsp3) is 0.588.